The van der Waals surface area contributed by atoms with Crippen LogP contribution in [0.15, 0.2) is 128 Å². The molecule has 0 saturated heterocycles. The Hall–Kier alpha value is -4.89. The maximum atomic E-state index is 5.06. The fourth-order valence-corrected chi connectivity index (χ4v) is 4.86. The highest BCUT2D eigenvalue weighted by atomic mass is 14.8. The zero-order chi connectivity index (χ0) is 23.9. The van der Waals surface area contributed by atoms with Crippen molar-refractivity contribution in [1.29, 1.82) is 0 Å². The van der Waals surface area contributed by atoms with Gasteiger partial charge in [-0.05, 0) is 58.3 Å². The predicted molar refractivity (Wildman–Crippen MR) is 149 cm³/mol. The summed E-state index contributed by atoms with van der Waals surface area (Å²) in [5, 5.41) is 4.71. The van der Waals surface area contributed by atoms with Crippen LogP contribution >= 0.6 is 0 Å². The van der Waals surface area contributed by atoms with Gasteiger partial charge in [-0.15, -0.1) is 0 Å². The second kappa shape index (κ2) is 8.40. The number of fused-ring (bicyclic) bond motifs is 3. The van der Waals surface area contributed by atoms with Crippen molar-refractivity contribution in [3.05, 3.63) is 128 Å². The summed E-state index contributed by atoms with van der Waals surface area (Å²) in [7, 11) is 0. The third-order valence-electron chi connectivity index (χ3n) is 6.71. The van der Waals surface area contributed by atoms with Crippen molar-refractivity contribution in [2.75, 3.05) is 0 Å². The highest BCUT2D eigenvalue weighted by molar-refractivity contribution is 5.98. The van der Waals surface area contributed by atoms with E-state index in [4.69, 9.17) is 9.97 Å². The Morgan fingerprint density at radius 1 is 0.417 bits per heavy atom. The third kappa shape index (κ3) is 3.58. The van der Waals surface area contributed by atoms with Gasteiger partial charge in [-0.25, -0.2) is 9.97 Å². The lowest BCUT2D eigenvalue weighted by Gasteiger charge is -2.09. The summed E-state index contributed by atoms with van der Waals surface area (Å²) in [5.41, 5.74) is 8.02. The molecule has 4 aromatic carbocycles. The first-order valence-electron chi connectivity index (χ1n) is 12.0. The minimum Gasteiger partial charge on any atom is -0.255 e. The summed E-state index contributed by atoms with van der Waals surface area (Å²) in [6.07, 6.45) is 1.79. The van der Waals surface area contributed by atoms with E-state index in [9.17, 15) is 0 Å². The van der Waals surface area contributed by atoms with E-state index in [0.717, 1.165) is 44.5 Å². The van der Waals surface area contributed by atoms with E-state index in [-0.39, 0.29) is 0 Å². The maximum absolute atomic E-state index is 5.06. The fourth-order valence-electron chi connectivity index (χ4n) is 4.86. The monoisotopic (exact) mass is 459 g/mol. The molecule has 36 heavy (non-hydrogen) atoms. The molecule has 0 unspecified atom stereocenters. The van der Waals surface area contributed by atoms with Gasteiger partial charge in [0.25, 0.3) is 0 Å². The average molecular weight is 460 g/mol. The molecule has 3 aromatic heterocycles. The molecule has 3 heteroatoms. The van der Waals surface area contributed by atoms with Crippen LogP contribution in [0.25, 0.3) is 66.4 Å². The maximum Gasteiger partial charge on any atom is 0.0893 e. The first kappa shape index (κ1) is 20.5. The lowest BCUT2D eigenvalue weighted by atomic mass is 9.97. The van der Waals surface area contributed by atoms with Gasteiger partial charge in [0.1, 0.15) is 0 Å². The Morgan fingerprint density at radius 2 is 1.08 bits per heavy atom. The van der Waals surface area contributed by atoms with Crippen LogP contribution in [-0.4, -0.2) is 15.0 Å². The van der Waals surface area contributed by atoms with Crippen molar-refractivity contribution in [3.63, 3.8) is 0 Å². The molecule has 0 radical (unpaired) electrons. The van der Waals surface area contributed by atoms with Gasteiger partial charge < -0.3 is 0 Å². The van der Waals surface area contributed by atoms with Gasteiger partial charge in [0.2, 0.25) is 0 Å². The van der Waals surface area contributed by atoms with E-state index in [0.29, 0.717) is 0 Å². The summed E-state index contributed by atoms with van der Waals surface area (Å²) in [6.45, 7) is 0. The SMILES string of the molecule is c1ccc(-c2ccc3ccc(-c4ccc5ccc(-c6cccc7ccccc67)cc5n4)cc3n2)nc1. The highest BCUT2D eigenvalue weighted by Gasteiger charge is 2.09. The summed E-state index contributed by atoms with van der Waals surface area (Å²) < 4.78 is 0. The number of nitrogens with zero attached hydrogens (tertiary/aromatic N) is 3. The standard InChI is InChI=1S/C33H21N3/c1-2-8-27-22(6-1)7-5-9-28(27)25-13-11-23-15-17-29(35-32(23)20-25)26-14-12-24-16-18-31(36-33(24)21-26)30-10-3-4-19-34-30/h1-21H. The molecule has 7 rings (SSSR count). The number of hydrogen-bond acceptors (Lipinski definition) is 3. The summed E-state index contributed by atoms with van der Waals surface area (Å²) in [4.78, 5) is 14.4. The van der Waals surface area contributed by atoms with Gasteiger partial charge in [0.15, 0.2) is 0 Å². The van der Waals surface area contributed by atoms with E-state index in [2.05, 4.69) is 102 Å². The first-order chi connectivity index (χ1) is 17.8. The van der Waals surface area contributed by atoms with Gasteiger partial charge in [-0.3, -0.25) is 4.98 Å². The largest absolute Gasteiger partial charge is 0.255 e. The van der Waals surface area contributed by atoms with Crippen molar-refractivity contribution in [3.8, 4) is 33.8 Å². The predicted octanol–water partition coefficient (Wildman–Crippen LogP) is 8.33. The second-order valence-electron chi connectivity index (χ2n) is 8.95. The molecule has 0 spiro atoms. The molecule has 3 nitrogen and oxygen atoms in total. The van der Waals surface area contributed by atoms with Gasteiger partial charge >= 0.3 is 0 Å². The van der Waals surface area contributed by atoms with Crippen LogP contribution in [0.2, 0.25) is 0 Å². The number of pyridine rings is 3. The Kier molecular flexibility index (Phi) is 4.78. The summed E-state index contributed by atoms with van der Waals surface area (Å²) in [5.74, 6) is 0. The zero-order valence-corrected chi connectivity index (χ0v) is 19.5. The van der Waals surface area contributed by atoms with Crippen molar-refractivity contribution in [2.45, 2.75) is 0 Å². The van der Waals surface area contributed by atoms with Crippen molar-refractivity contribution < 1.29 is 0 Å². The van der Waals surface area contributed by atoms with E-state index in [1.807, 2.05) is 24.3 Å². The van der Waals surface area contributed by atoms with Crippen LogP contribution in [0.1, 0.15) is 0 Å². The highest BCUT2D eigenvalue weighted by Crippen LogP contribution is 2.32. The van der Waals surface area contributed by atoms with Crippen LogP contribution in [0.5, 0.6) is 0 Å². The molecule has 0 bridgehead atoms. The molecule has 0 fully saturated rings. The minimum atomic E-state index is 0.867. The Balaban J connectivity index is 1.32. The summed E-state index contributed by atoms with van der Waals surface area (Å²) >= 11 is 0. The number of rotatable bonds is 3. The van der Waals surface area contributed by atoms with Crippen molar-refractivity contribution >= 4 is 32.6 Å². The van der Waals surface area contributed by atoms with Crippen molar-refractivity contribution in [1.82, 2.24) is 15.0 Å². The molecule has 0 aliphatic carbocycles. The van der Waals surface area contributed by atoms with Gasteiger partial charge in [0, 0.05) is 22.5 Å². The van der Waals surface area contributed by atoms with Gasteiger partial charge in [0.05, 0.1) is 28.1 Å². The minimum absolute atomic E-state index is 0.867. The molecule has 0 saturated carbocycles. The first-order valence-corrected chi connectivity index (χ1v) is 12.0. The van der Waals surface area contributed by atoms with Crippen LogP contribution in [0, 0.1) is 0 Å². The number of benzene rings is 4. The summed E-state index contributed by atoms with van der Waals surface area (Å²) in [6, 6.07) is 42.1. The fraction of sp³-hybridized carbons (Fsp3) is 0. The molecular formula is C33H21N3. The smallest absolute Gasteiger partial charge is 0.0893 e. The van der Waals surface area contributed by atoms with Crippen LogP contribution < -0.4 is 0 Å². The third-order valence-corrected chi connectivity index (χ3v) is 6.71. The molecule has 0 atom stereocenters. The normalized spacial score (nSPS) is 11.3. The molecule has 7 aromatic rings. The molecule has 3 heterocycles. The zero-order valence-electron chi connectivity index (χ0n) is 19.5. The molecule has 0 amide bonds. The molecular weight excluding hydrogens is 438 g/mol. The van der Waals surface area contributed by atoms with Gasteiger partial charge in [-0.2, -0.15) is 0 Å². The Morgan fingerprint density at radius 3 is 1.92 bits per heavy atom. The lowest BCUT2D eigenvalue weighted by Crippen LogP contribution is -1.90. The second-order valence-corrected chi connectivity index (χ2v) is 8.95. The molecule has 168 valence electrons. The number of aromatic nitrogens is 3. The molecule has 0 N–H and O–H groups in total. The van der Waals surface area contributed by atoms with E-state index in [1.165, 1.54) is 21.9 Å². The van der Waals surface area contributed by atoms with Crippen molar-refractivity contribution in [2.24, 2.45) is 0 Å². The number of hydrogen-bond donors (Lipinski definition) is 0. The van der Waals surface area contributed by atoms with E-state index < -0.39 is 0 Å². The Bertz CT molecular complexity index is 1890. The Labute approximate surface area is 208 Å². The van der Waals surface area contributed by atoms with Crippen LogP contribution in [0.4, 0.5) is 0 Å². The van der Waals surface area contributed by atoms with Gasteiger partial charge in [-0.1, -0.05) is 84.9 Å². The van der Waals surface area contributed by atoms with Crippen LogP contribution in [0.3, 0.4) is 0 Å². The van der Waals surface area contributed by atoms with E-state index >= 15 is 0 Å². The van der Waals surface area contributed by atoms with Crippen LogP contribution in [-0.2, 0) is 0 Å². The molecule has 0 aliphatic rings. The quantitative estimate of drug-likeness (QED) is 0.267. The van der Waals surface area contributed by atoms with E-state index in [1.54, 1.807) is 6.20 Å². The topological polar surface area (TPSA) is 38.7 Å². The molecule has 0 aliphatic heterocycles. The average Bonchev–Trinajstić information content (AvgIpc) is 2.96. The lowest BCUT2D eigenvalue weighted by molar-refractivity contribution is 1.28.